The van der Waals surface area contributed by atoms with Crippen LogP contribution >= 0.6 is 11.6 Å². The van der Waals surface area contributed by atoms with Gasteiger partial charge in [-0.1, -0.05) is 6.92 Å². The molecular formula is C11H22ClNO. The molecule has 2 nitrogen and oxygen atoms in total. The predicted molar refractivity (Wildman–Crippen MR) is 60.9 cm³/mol. The van der Waals surface area contributed by atoms with E-state index in [4.69, 9.17) is 16.3 Å². The van der Waals surface area contributed by atoms with Crippen LogP contribution in [0.2, 0.25) is 0 Å². The second-order valence-corrected chi connectivity index (χ2v) is 4.70. The summed E-state index contributed by atoms with van der Waals surface area (Å²) in [6.07, 6.45) is 5.42. The first-order valence-corrected chi connectivity index (χ1v) is 6.11. The molecule has 0 aromatic rings. The molecule has 0 radical (unpaired) electrons. The lowest BCUT2D eigenvalue weighted by Crippen LogP contribution is -2.39. The van der Waals surface area contributed by atoms with Crippen molar-refractivity contribution in [3.05, 3.63) is 0 Å². The summed E-state index contributed by atoms with van der Waals surface area (Å²) in [5.41, 5.74) is 0. The molecule has 14 heavy (non-hydrogen) atoms. The Balaban J connectivity index is 2.17. The summed E-state index contributed by atoms with van der Waals surface area (Å²) in [6, 6.07) is 0.638. The maximum absolute atomic E-state index is 5.76. The van der Waals surface area contributed by atoms with Crippen LogP contribution in [0.3, 0.4) is 0 Å². The maximum Gasteiger partial charge on any atom is 0.0586 e. The van der Waals surface area contributed by atoms with Gasteiger partial charge in [-0.2, -0.15) is 0 Å². The summed E-state index contributed by atoms with van der Waals surface area (Å²) < 4.78 is 5.39. The van der Waals surface area contributed by atoms with Crippen molar-refractivity contribution in [2.24, 2.45) is 5.92 Å². The van der Waals surface area contributed by atoms with Crippen LogP contribution in [0.1, 0.15) is 32.6 Å². The summed E-state index contributed by atoms with van der Waals surface area (Å²) in [6.45, 7) is 3.21. The molecule has 0 bridgehead atoms. The Morgan fingerprint density at radius 2 is 2.29 bits per heavy atom. The lowest BCUT2D eigenvalue weighted by molar-refractivity contribution is 0.0585. The van der Waals surface area contributed by atoms with Crippen LogP contribution in [-0.4, -0.2) is 31.7 Å². The minimum atomic E-state index is 0.465. The Hall–Kier alpha value is 0.210. The van der Waals surface area contributed by atoms with Crippen molar-refractivity contribution >= 4 is 11.6 Å². The van der Waals surface area contributed by atoms with Gasteiger partial charge in [-0.05, 0) is 38.1 Å². The third-order valence-electron chi connectivity index (χ3n) is 2.98. The quantitative estimate of drug-likeness (QED) is 0.718. The number of nitrogens with one attached hydrogen (secondary N) is 1. The molecule has 1 aliphatic rings. The van der Waals surface area contributed by atoms with Crippen molar-refractivity contribution in [1.82, 2.24) is 5.32 Å². The van der Waals surface area contributed by atoms with E-state index in [0.29, 0.717) is 18.1 Å². The van der Waals surface area contributed by atoms with Crippen LogP contribution in [0, 0.1) is 5.92 Å². The summed E-state index contributed by atoms with van der Waals surface area (Å²) in [5.74, 6) is 1.31. The number of methoxy groups -OCH3 is 1. The molecule has 1 N–H and O–H groups in total. The number of ether oxygens (including phenoxy) is 1. The summed E-state index contributed by atoms with van der Waals surface area (Å²) in [7, 11) is 1.81. The van der Waals surface area contributed by atoms with E-state index in [0.717, 1.165) is 18.8 Å². The van der Waals surface area contributed by atoms with Crippen molar-refractivity contribution in [2.45, 2.75) is 44.8 Å². The van der Waals surface area contributed by atoms with Gasteiger partial charge in [-0.25, -0.2) is 0 Å². The predicted octanol–water partition coefficient (Wildman–Crippen LogP) is 2.41. The van der Waals surface area contributed by atoms with E-state index in [2.05, 4.69) is 12.2 Å². The minimum Gasteiger partial charge on any atom is -0.381 e. The standard InChI is InChI=1S/C11H22ClNO/c1-9(7-12)8-13-10-4-3-5-11(6-10)14-2/h9-11,13H,3-8H2,1-2H3. The smallest absolute Gasteiger partial charge is 0.0586 e. The zero-order valence-electron chi connectivity index (χ0n) is 9.26. The second-order valence-electron chi connectivity index (χ2n) is 4.39. The van der Waals surface area contributed by atoms with Gasteiger partial charge in [0.05, 0.1) is 6.10 Å². The molecule has 0 aromatic carbocycles. The van der Waals surface area contributed by atoms with E-state index >= 15 is 0 Å². The van der Waals surface area contributed by atoms with Gasteiger partial charge in [0, 0.05) is 19.0 Å². The zero-order chi connectivity index (χ0) is 10.4. The molecule has 1 saturated carbocycles. The Labute approximate surface area is 92.3 Å². The van der Waals surface area contributed by atoms with Gasteiger partial charge in [-0.15, -0.1) is 11.6 Å². The van der Waals surface area contributed by atoms with Crippen molar-refractivity contribution in [3.63, 3.8) is 0 Å². The second kappa shape index (κ2) is 6.65. The highest BCUT2D eigenvalue weighted by Crippen LogP contribution is 2.20. The molecule has 0 aliphatic heterocycles. The fourth-order valence-corrected chi connectivity index (χ4v) is 2.08. The van der Waals surface area contributed by atoms with E-state index in [1.165, 1.54) is 19.3 Å². The normalized spacial score (nSPS) is 30.2. The van der Waals surface area contributed by atoms with Crippen molar-refractivity contribution in [1.29, 1.82) is 0 Å². The van der Waals surface area contributed by atoms with Crippen LogP contribution in [0.4, 0.5) is 0 Å². The Morgan fingerprint density at radius 1 is 1.50 bits per heavy atom. The van der Waals surface area contributed by atoms with Gasteiger partial charge in [-0.3, -0.25) is 0 Å². The van der Waals surface area contributed by atoms with Gasteiger partial charge in [0.25, 0.3) is 0 Å². The number of alkyl halides is 1. The molecule has 3 heteroatoms. The fraction of sp³-hybridized carbons (Fsp3) is 1.00. The minimum absolute atomic E-state index is 0.465. The van der Waals surface area contributed by atoms with E-state index in [9.17, 15) is 0 Å². The fourth-order valence-electron chi connectivity index (χ4n) is 1.97. The lowest BCUT2D eigenvalue weighted by atomic mass is 9.92. The van der Waals surface area contributed by atoms with Gasteiger partial charge < -0.3 is 10.1 Å². The maximum atomic E-state index is 5.76. The van der Waals surface area contributed by atoms with Gasteiger partial charge >= 0.3 is 0 Å². The average molecular weight is 220 g/mol. The number of halogens is 1. The van der Waals surface area contributed by atoms with E-state index in [1.54, 1.807) is 0 Å². The summed E-state index contributed by atoms with van der Waals surface area (Å²) in [4.78, 5) is 0. The molecule has 3 atom stereocenters. The molecule has 84 valence electrons. The van der Waals surface area contributed by atoms with E-state index in [-0.39, 0.29) is 0 Å². The molecule has 1 rings (SSSR count). The Bertz CT molecular complexity index is 154. The Kier molecular flexibility index (Phi) is 5.83. The molecule has 3 unspecified atom stereocenters. The van der Waals surface area contributed by atoms with Crippen LogP contribution in [0.15, 0.2) is 0 Å². The van der Waals surface area contributed by atoms with Gasteiger partial charge in [0.1, 0.15) is 0 Å². The molecular weight excluding hydrogens is 198 g/mol. The van der Waals surface area contributed by atoms with Gasteiger partial charge in [0.15, 0.2) is 0 Å². The number of rotatable bonds is 5. The first-order chi connectivity index (χ1) is 6.76. The lowest BCUT2D eigenvalue weighted by Gasteiger charge is -2.29. The molecule has 1 fully saturated rings. The van der Waals surface area contributed by atoms with E-state index in [1.807, 2.05) is 7.11 Å². The van der Waals surface area contributed by atoms with Gasteiger partial charge in [0.2, 0.25) is 0 Å². The monoisotopic (exact) mass is 219 g/mol. The highest BCUT2D eigenvalue weighted by Gasteiger charge is 2.21. The Morgan fingerprint density at radius 3 is 2.93 bits per heavy atom. The zero-order valence-corrected chi connectivity index (χ0v) is 10.0. The molecule has 0 heterocycles. The van der Waals surface area contributed by atoms with E-state index < -0.39 is 0 Å². The van der Waals surface area contributed by atoms with Crippen LogP contribution in [0.5, 0.6) is 0 Å². The molecule has 1 aliphatic carbocycles. The first-order valence-electron chi connectivity index (χ1n) is 5.58. The number of hydrogen-bond donors (Lipinski definition) is 1. The summed E-state index contributed by atoms with van der Waals surface area (Å²) >= 11 is 5.76. The molecule has 0 aromatic heterocycles. The topological polar surface area (TPSA) is 21.3 Å². The van der Waals surface area contributed by atoms with Crippen molar-refractivity contribution in [3.8, 4) is 0 Å². The van der Waals surface area contributed by atoms with Crippen molar-refractivity contribution in [2.75, 3.05) is 19.5 Å². The first kappa shape index (κ1) is 12.3. The molecule has 0 amide bonds. The average Bonchev–Trinajstić information content (AvgIpc) is 2.26. The third-order valence-corrected chi connectivity index (χ3v) is 3.50. The molecule has 0 saturated heterocycles. The van der Waals surface area contributed by atoms with Crippen LogP contribution in [-0.2, 0) is 4.74 Å². The van der Waals surface area contributed by atoms with Crippen LogP contribution < -0.4 is 5.32 Å². The summed E-state index contributed by atoms with van der Waals surface area (Å²) in [5, 5.41) is 3.57. The number of hydrogen-bond acceptors (Lipinski definition) is 2. The third kappa shape index (κ3) is 4.16. The van der Waals surface area contributed by atoms with Crippen LogP contribution in [0.25, 0.3) is 0 Å². The van der Waals surface area contributed by atoms with Crippen molar-refractivity contribution < 1.29 is 4.74 Å². The highest BCUT2D eigenvalue weighted by molar-refractivity contribution is 6.18. The molecule has 0 spiro atoms. The largest absolute Gasteiger partial charge is 0.381 e. The highest BCUT2D eigenvalue weighted by atomic mass is 35.5. The SMILES string of the molecule is COC1CCCC(NCC(C)CCl)C1.